The normalized spacial score (nSPS) is 11.8. The van der Waals surface area contributed by atoms with Gasteiger partial charge < -0.3 is 19.8 Å². The fourth-order valence-corrected chi connectivity index (χ4v) is 3.15. The molecular formula is C20H21N3O4S. The molecule has 8 heteroatoms. The monoisotopic (exact) mass is 399 g/mol. The van der Waals surface area contributed by atoms with Crippen molar-refractivity contribution in [3.63, 3.8) is 0 Å². The number of nitrogens with one attached hydrogen (secondary N) is 2. The molecule has 3 aromatic rings. The number of anilines is 1. The van der Waals surface area contributed by atoms with Crippen LogP contribution in [0.4, 0.5) is 10.5 Å². The summed E-state index contributed by atoms with van der Waals surface area (Å²) in [4.78, 5) is 28.6. The van der Waals surface area contributed by atoms with E-state index in [1.54, 1.807) is 30.0 Å². The van der Waals surface area contributed by atoms with E-state index in [1.807, 2.05) is 36.6 Å². The predicted molar refractivity (Wildman–Crippen MR) is 110 cm³/mol. The summed E-state index contributed by atoms with van der Waals surface area (Å²) in [7, 11) is 1.30. The molecule has 0 saturated heterocycles. The molecule has 1 aromatic heterocycles. The topological polar surface area (TPSA) is 93.5 Å². The lowest BCUT2D eigenvalue weighted by Gasteiger charge is -2.16. The molecule has 2 N–H and O–H groups in total. The maximum absolute atomic E-state index is 12.3. The van der Waals surface area contributed by atoms with Crippen molar-refractivity contribution >= 4 is 40.5 Å². The van der Waals surface area contributed by atoms with Gasteiger partial charge in [-0.1, -0.05) is 18.2 Å². The second-order valence-electron chi connectivity index (χ2n) is 6.02. The minimum absolute atomic E-state index is 0.468. The quantitative estimate of drug-likeness (QED) is 0.585. The average Bonchev–Trinajstić information content (AvgIpc) is 3.15. The lowest BCUT2D eigenvalue weighted by atomic mass is 10.2. The van der Waals surface area contributed by atoms with Crippen LogP contribution in [0.2, 0.25) is 0 Å². The van der Waals surface area contributed by atoms with Crippen molar-refractivity contribution in [2.24, 2.45) is 0 Å². The molecule has 2 amide bonds. The standard InChI is InChI=1S/C20H21N3O4S/c1-26-19(24)16(10-11-28-2)23-20(25)21-14-7-5-6-13(12-14)18-22-15-8-3-4-9-17(15)27-18/h3-9,12,16H,10-11H2,1-2H3,(H2,21,23,25)/t16-/m0/s1. The molecule has 0 aliphatic heterocycles. The number of rotatable bonds is 7. The third-order valence-corrected chi connectivity index (χ3v) is 4.71. The molecule has 1 atom stereocenters. The van der Waals surface area contributed by atoms with E-state index in [9.17, 15) is 9.59 Å². The summed E-state index contributed by atoms with van der Waals surface area (Å²) in [6, 6.07) is 13.5. The number of amides is 2. The number of thioether (sulfide) groups is 1. The molecule has 0 radical (unpaired) electrons. The van der Waals surface area contributed by atoms with Gasteiger partial charge in [0, 0.05) is 11.3 Å². The highest BCUT2D eigenvalue weighted by molar-refractivity contribution is 7.98. The number of fused-ring (bicyclic) bond motifs is 1. The van der Waals surface area contributed by atoms with Gasteiger partial charge in [-0.2, -0.15) is 11.8 Å². The first kappa shape index (κ1) is 19.8. The minimum atomic E-state index is -0.697. The summed E-state index contributed by atoms with van der Waals surface area (Å²) in [6.07, 6.45) is 2.43. The van der Waals surface area contributed by atoms with Crippen molar-refractivity contribution in [2.45, 2.75) is 12.5 Å². The van der Waals surface area contributed by atoms with Gasteiger partial charge in [-0.25, -0.2) is 14.6 Å². The van der Waals surface area contributed by atoms with Crippen molar-refractivity contribution in [3.05, 3.63) is 48.5 Å². The van der Waals surface area contributed by atoms with Crippen LogP contribution in [0.25, 0.3) is 22.6 Å². The van der Waals surface area contributed by atoms with Crippen LogP contribution in [0.3, 0.4) is 0 Å². The molecule has 0 saturated carbocycles. The van der Waals surface area contributed by atoms with Crippen LogP contribution in [0, 0.1) is 0 Å². The van der Waals surface area contributed by atoms with Crippen LogP contribution in [-0.2, 0) is 9.53 Å². The fraction of sp³-hybridized carbons (Fsp3) is 0.250. The molecule has 28 heavy (non-hydrogen) atoms. The Labute approximate surface area is 166 Å². The van der Waals surface area contributed by atoms with Crippen LogP contribution in [0.1, 0.15) is 6.42 Å². The molecule has 0 unspecified atom stereocenters. The Balaban J connectivity index is 1.71. The first-order valence-corrected chi connectivity index (χ1v) is 10.1. The number of aromatic nitrogens is 1. The van der Waals surface area contributed by atoms with E-state index in [1.165, 1.54) is 7.11 Å². The summed E-state index contributed by atoms with van der Waals surface area (Å²) >= 11 is 1.59. The Kier molecular flexibility index (Phi) is 6.54. The molecule has 0 spiro atoms. The Morgan fingerprint density at radius 3 is 2.79 bits per heavy atom. The summed E-state index contributed by atoms with van der Waals surface area (Å²) in [5.41, 5.74) is 2.76. The number of methoxy groups -OCH3 is 1. The van der Waals surface area contributed by atoms with Crippen molar-refractivity contribution in [3.8, 4) is 11.5 Å². The molecule has 7 nitrogen and oxygen atoms in total. The number of carbonyl (C=O) groups excluding carboxylic acids is 2. The van der Waals surface area contributed by atoms with Crippen molar-refractivity contribution in [1.82, 2.24) is 10.3 Å². The van der Waals surface area contributed by atoms with Crippen molar-refractivity contribution in [1.29, 1.82) is 0 Å². The van der Waals surface area contributed by atoms with Gasteiger partial charge in [0.25, 0.3) is 0 Å². The van der Waals surface area contributed by atoms with Gasteiger partial charge >= 0.3 is 12.0 Å². The van der Waals surface area contributed by atoms with E-state index < -0.39 is 18.0 Å². The molecule has 146 valence electrons. The first-order chi connectivity index (χ1) is 13.6. The third kappa shape index (κ3) is 4.83. The number of nitrogens with zero attached hydrogens (tertiary/aromatic N) is 1. The van der Waals surface area contributed by atoms with Crippen LogP contribution in [0.5, 0.6) is 0 Å². The number of benzene rings is 2. The third-order valence-electron chi connectivity index (χ3n) is 4.06. The number of carbonyl (C=O) groups is 2. The number of urea groups is 1. The number of oxazole rings is 1. The SMILES string of the molecule is COC(=O)[C@H](CCSC)NC(=O)Nc1cccc(-c2nc3ccccc3o2)c1. The average molecular weight is 399 g/mol. The number of para-hydroxylation sites is 2. The molecule has 3 rings (SSSR count). The van der Waals surface area contributed by atoms with Crippen molar-refractivity contribution < 1.29 is 18.7 Å². The van der Waals surface area contributed by atoms with Crippen LogP contribution >= 0.6 is 11.8 Å². The Hall–Kier alpha value is -3.00. The van der Waals surface area contributed by atoms with Crippen LogP contribution in [-0.4, -0.2) is 42.1 Å². The number of esters is 1. The lowest BCUT2D eigenvalue weighted by molar-refractivity contribution is -0.142. The van der Waals surface area contributed by atoms with Gasteiger partial charge in [0.2, 0.25) is 5.89 Å². The molecule has 2 aromatic carbocycles. The van der Waals surface area contributed by atoms with E-state index in [2.05, 4.69) is 15.6 Å². The maximum Gasteiger partial charge on any atom is 0.328 e. The van der Waals surface area contributed by atoms with Gasteiger partial charge in [-0.15, -0.1) is 0 Å². The minimum Gasteiger partial charge on any atom is -0.467 e. The van der Waals surface area contributed by atoms with E-state index in [-0.39, 0.29) is 0 Å². The zero-order chi connectivity index (χ0) is 19.9. The number of ether oxygens (including phenoxy) is 1. The fourth-order valence-electron chi connectivity index (χ4n) is 2.68. The highest BCUT2D eigenvalue weighted by atomic mass is 32.2. The van der Waals surface area contributed by atoms with E-state index in [0.717, 1.165) is 16.8 Å². The zero-order valence-electron chi connectivity index (χ0n) is 15.6. The first-order valence-electron chi connectivity index (χ1n) is 8.71. The molecule has 0 aliphatic carbocycles. The van der Waals surface area contributed by atoms with Gasteiger partial charge in [0.15, 0.2) is 5.58 Å². The Bertz CT molecular complexity index is 940. The zero-order valence-corrected chi connectivity index (χ0v) is 16.4. The molecule has 1 heterocycles. The van der Waals surface area contributed by atoms with E-state index >= 15 is 0 Å². The van der Waals surface area contributed by atoms with Gasteiger partial charge in [0.1, 0.15) is 11.6 Å². The Morgan fingerprint density at radius 1 is 1.21 bits per heavy atom. The molecular weight excluding hydrogens is 378 g/mol. The van der Waals surface area contributed by atoms with Gasteiger partial charge in [0.05, 0.1) is 7.11 Å². The second-order valence-corrected chi connectivity index (χ2v) is 7.01. The highest BCUT2D eigenvalue weighted by Crippen LogP contribution is 2.26. The second kappa shape index (κ2) is 9.27. The van der Waals surface area contributed by atoms with Crippen molar-refractivity contribution in [2.75, 3.05) is 24.4 Å². The lowest BCUT2D eigenvalue weighted by Crippen LogP contribution is -2.44. The summed E-state index contributed by atoms with van der Waals surface area (Å²) in [5.74, 6) is 0.731. The largest absolute Gasteiger partial charge is 0.467 e. The molecule has 0 bridgehead atoms. The maximum atomic E-state index is 12.3. The van der Waals surface area contributed by atoms with Crippen LogP contribution in [0.15, 0.2) is 52.9 Å². The smallest absolute Gasteiger partial charge is 0.328 e. The van der Waals surface area contributed by atoms with Crippen LogP contribution < -0.4 is 10.6 Å². The molecule has 0 aliphatic rings. The summed E-state index contributed by atoms with van der Waals surface area (Å²) in [6.45, 7) is 0. The Morgan fingerprint density at radius 2 is 2.04 bits per heavy atom. The predicted octanol–water partition coefficient (Wildman–Crippen LogP) is 3.91. The van der Waals surface area contributed by atoms with E-state index in [0.29, 0.717) is 23.6 Å². The molecule has 0 fully saturated rings. The highest BCUT2D eigenvalue weighted by Gasteiger charge is 2.21. The van der Waals surface area contributed by atoms with Gasteiger partial charge in [-0.05, 0) is 48.8 Å². The van der Waals surface area contributed by atoms with Gasteiger partial charge in [-0.3, -0.25) is 0 Å². The number of hydrogen-bond donors (Lipinski definition) is 2. The number of hydrogen-bond acceptors (Lipinski definition) is 6. The summed E-state index contributed by atoms with van der Waals surface area (Å²) < 4.78 is 10.5. The summed E-state index contributed by atoms with van der Waals surface area (Å²) in [5, 5.41) is 5.39. The van der Waals surface area contributed by atoms with E-state index in [4.69, 9.17) is 9.15 Å².